The molecule has 1 aliphatic heterocycles. The molecule has 1 unspecified atom stereocenters. The second kappa shape index (κ2) is 9.18. The summed E-state index contributed by atoms with van der Waals surface area (Å²) in [5.74, 6) is -1.08. The average Bonchev–Trinajstić information content (AvgIpc) is 2.94. The van der Waals surface area contributed by atoms with Crippen LogP contribution >= 0.6 is 0 Å². The van der Waals surface area contributed by atoms with Gasteiger partial charge in [-0.25, -0.2) is 13.6 Å². The van der Waals surface area contributed by atoms with Gasteiger partial charge in [0.1, 0.15) is 17.7 Å². The Balaban J connectivity index is 1.89. The predicted octanol–water partition coefficient (Wildman–Crippen LogP) is 4.33. The highest BCUT2D eigenvalue weighted by Gasteiger charge is 2.36. The standard InChI is InChI=1S/C25H23F2N3O2/c1-28-25(32)29-21-15-10-16-4-2-3-5-22(16)30(24(21)31)23(17-6-11-19(26)12-7-17)18-8-13-20(27)14-9-18/h2-9,11-14,21,23H,10,15H2,1H3,(H2,28,29,32). The minimum atomic E-state index is -0.759. The first kappa shape index (κ1) is 21.5. The summed E-state index contributed by atoms with van der Waals surface area (Å²) in [7, 11) is 1.49. The number of hydrogen-bond donors (Lipinski definition) is 2. The third kappa shape index (κ3) is 4.32. The second-order valence-corrected chi connectivity index (χ2v) is 7.66. The third-order valence-electron chi connectivity index (χ3n) is 5.65. The lowest BCUT2D eigenvalue weighted by Crippen LogP contribution is -2.51. The maximum absolute atomic E-state index is 13.8. The van der Waals surface area contributed by atoms with Crippen LogP contribution in [0.25, 0.3) is 0 Å². The lowest BCUT2D eigenvalue weighted by atomic mass is 9.95. The number of anilines is 1. The molecule has 32 heavy (non-hydrogen) atoms. The zero-order chi connectivity index (χ0) is 22.7. The van der Waals surface area contributed by atoms with E-state index >= 15 is 0 Å². The molecule has 0 aliphatic carbocycles. The SMILES string of the molecule is CNC(=O)NC1CCc2ccccc2N(C(c2ccc(F)cc2)c2ccc(F)cc2)C1=O. The van der Waals surface area contributed by atoms with Crippen LogP contribution in [0, 0.1) is 11.6 Å². The van der Waals surface area contributed by atoms with E-state index < -0.39 is 29.7 Å². The number of para-hydroxylation sites is 1. The summed E-state index contributed by atoms with van der Waals surface area (Å²) in [6.45, 7) is 0. The van der Waals surface area contributed by atoms with E-state index in [1.54, 1.807) is 29.2 Å². The lowest BCUT2D eigenvalue weighted by Gasteiger charge is -2.34. The monoisotopic (exact) mass is 435 g/mol. The van der Waals surface area contributed by atoms with Crippen LogP contribution < -0.4 is 15.5 Å². The summed E-state index contributed by atoms with van der Waals surface area (Å²) < 4.78 is 27.4. The molecule has 3 aromatic rings. The number of nitrogens with zero attached hydrogens (tertiary/aromatic N) is 1. The molecule has 0 fully saturated rings. The number of urea groups is 1. The fourth-order valence-electron chi connectivity index (χ4n) is 4.08. The van der Waals surface area contributed by atoms with Crippen LogP contribution in [-0.2, 0) is 11.2 Å². The van der Waals surface area contributed by atoms with E-state index in [1.165, 1.54) is 31.3 Å². The molecule has 2 N–H and O–H groups in total. The molecule has 0 saturated carbocycles. The van der Waals surface area contributed by atoms with E-state index in [4.69, 9.17) is 0 Å². The number of hydrogen-bond acceptors (Lipinski definition) is 2. The second-order valence-electron chi connectivity index (χ2n) is 7.66. The van der Waals surface area contributed by atoms with Gasteiger partial charge in [-0.1, -0.05) is 42.5 Å². The highest BCUT2D eigenvalue weighted by Crippen LogP contribution is 2.38. The molecule has 4 rings (SSSR count). The molecular weight excluding hydrogens is 412 g/mol. The highest BCUT2D eigenvalue weighted by molar-refractivity contribution is 6.01. The third-order valence-corrected chi connectivity index (χ3v) is 5.65. The van der Waals surface area contributed by atoms with Crippen LogP contribution in [0.2, 0.25) is 0 Å². The maximum atomic E-state index is 13.8. The lowest BCUT2D eigenvalue weighted by molar-refractivity contribution is -0.120. The van der Waals surface area contributed by atoms with Crippen molar-refractivity contribution in [3.05, 3.63) is 101 Å². The van der Waals surface area contributed by atoms with Gasteiger partial charge in [0.25, 0.3) is 0 Å². The van der Waals surface area contributed by atoms with Crippen LogP contribution in [0.4, 0.5) is 19.3 Å². The number of halogens is 2. The van der Waals surface area contributed by atoms with E-state index in [0.717, 1.165) is 5.56 Å². The molecule has 3 aromatic carbocycles. The van der Waals surface area contributed by atoms with Gasteiger partial charge in [-0.2, -0.15) is 0 Å². The molecule has 0 aromatic heterocycles. The van der Waals surface area contributed by atoms with Gasteiger partial charge in [0, 0.05) is 12.7 Å². The van der Waals surface area contributed by atoms with Gasteiger partial charge in [0.15, 0.2) is 0 Å². The fraction of sp³-hybridized carbons (Fsp3) is 0.200. The number of rotatable bonds is 4. The van der Waals surface area contributed by atoms with E-state index in [1.807, 2.05) is 24.3 Å². The van der Waals surface area contributed by atoms with Gasteiger partial charge >= 0.3 is 6.03 Å². The van der Waals surface area contributed by atoms with Crippen molar-refractivity contribution in [2.24, 2.45) is 0 Å². The smallest absolute Gasteiger partial charge is 0.315 e. The van der Waals surface area contributed by atoms with Gasteiger partial charge < -0.3 is 10.6 Å². The molecule has 164 valence electrons. The number of amides is 3. The summed E-state index contributed by atoms with van der Waals surface area (Å²) in [6, 6.07) is 17.5. The minimum Gasteiger partial charge on any atom is -0.341 e. The van der Waals surface area contributed by atoms with Crippen LogP contribution in [0.1, 0.15) is 29.2 Å². The number of nitrogens with one attached hydrogen (secondary N) is 2. The maximum Gasteiger partial charge on any atom is 0.315 e. The normalized spacial score (nSPS) is 15.8. The largest absolute Gasteiger partial charge is 0.341 e. The van der Waals surface area contributed by atoms with Gasteiger partial charge in [-0.05, 0) is 59.9 Å². The van der Waals surface area contributed by atoms with Crippen molar-refractivity contribution in [1.82, 2.24) is 10.6 Å². The summed E-state index contributed by atoms with van der Waals surface area (Å²) in [5.41, 5.74) is 3.00. The molecule has 0 saturated heterocycles. The number of carbonyl (C=O) groups excluding carboxylic acids is 2. The van der Waals surface area contributed by atoms with Gasteiger partial charge in [0.05, 0.1) is 6.04 Å². The molecule has 1 atom stereocenters. The van der Waals surface area contributed by atoms with Crippen molar-refractivity contribution in [1.29, 1.82) is 0 Å². The highest BCUT2D eigenvalue weighted by atomic mass is 19.1. The van der Waals surface area contributed by atoms with E-state index in [-0.39, 0.29) is 5.91 Å². The Morgan fingerprint density at radius 2 is 1.50 bits per heavy atom. The molecule has 0 radical (unpaired) electrons. The molecule has 0 spiro atoms. The summed E-state index contributed by atoms with van der Waals surface area (Å²) in [4.78, 5) is 27.5. The van der Waals surface area contributed by atoms with E-state index in [0.29, 0.717) is 29.7 Å². The molecule has 1 aliphatic rings. The Morgan fingerprint density at radius 1 is 0.938 bits per heavy atom. The molecule has 0 bridgehead atoms. The van der Waals surface area contributed by atoms with Crippen molar-refractivity contribution in [2.75, 3.05) is 11.9 Å². The van der Waals surface area contributed by atoms with Crippen molar-refractivity contribution >= 4 is 17.6 Å². The topological polar surface area (TPSA) is 61.4 Å². The van der Waals surface area contributed by atoms with E-state index in [2.05, 4.69) is 10.6 Å². The van der Waals surface area contributed by atoms with Crippen molar-refractivity contribution in [3.8, 4) is 0 Å². The first-order chi connectivity index (χ1) is 15.5. The Bertz CT molecular complexity index is 1070. The zero-order valence-corrected chi connectivity index (χ0v) is 17.5. The van der Waals surface area contributed by atoms with Crippen molar-refractivity contribution in [2.45, 2.75) is 24.9 Å². The Labute approximate surface area is 185 Å². The van der Waals surface area contributed by atoms with Crippen LogP contribution in [0.3, 0.4) is 0 Å². The number of carbonyl (C=O) groups is 2. The first-order valence-electron chi connectivity index (χ1n) is 10.4. The summed E-state index contributed by atoms with van der Waals surface area (Å²) in [5, 5.41) is 5.23. The fourth-order valence-corrected chi connectivity index (χ4v) is 4.08. The van der Waals surface area contributed by atoms with Crippen molar-refractivity contribution in [3.63, 3.8) is 0 Å². The molecular formula is C25H23F2N3O2. The molecule has 5 nitrogen and oxygen atoms in total. The summed E-state index contributed by atoms with van der Waals surface area (Å²) in [6.07, 6.45) is 1.02. The Morgan fingerprint density at radius 3 is 2.06 bits per heavy atom. The van der Waals surface area contributed by atoms with Gasteiger partial charge in [0.2, 0.25) is 5.91 Å². The van der Waals surface area contributed by atoms with Crippen LogP contribution in [0.5, 0.6) is 0 Å². The van der Waals surface area contributed by atoms with Gasteiger partial charge in [-0.3, -0.25) is 9.69 Å². The Hall–Kier alpha value is -3.74. The van der Waals surface area contributed by atoms with E-state index in [9.17, 15) is 18.4 Å². The van der Waals surface area contributed by atoms with Crippen molar-refractivity contribution < 1.29 is 18.4 Å². The number of benzene rings is 3. The van der Waals surface area contributed by atoms with Crippen LogP contribution in [-0.4, -0.2) is 25.0 Å². The number of aryl methyl sites for hydroxylation is 1. The molecule has 7 heteroatoms. The summed E-state index contributed by atoms with van der Waals surface area (Å²) >= 11 is 0. The quantitative estimate of drug-likeness (QED) is 0.641. The molecule has 3 amide bonds. The predicted molar refractivity (Wildman–Crippen MR) is 118 cm³/mol. The first-order valence-corrected chi connectivity index (χ1v) is 10.4. The molecule has 1 heterocycles. The number of fused-ring (bicyclic) bond motifs is 1. The minimum absolute atomic E-state index is 0.294. The Kier molecular flexibility index (Phi) is 6.16. The van der Waals surface area contributed by atoms with Gasteiger partial charge in [-0.15, -0.1) is 0 Å². The van der Waals surface area contributed by atoms with Crippen LogP contribution in [0.15, 0.2) is 72.8 Å². The average molecular weight is 435 g/mol. The zero-order valence-electron chi connectivity index (χ0n) is 17.5.